The molecular weight excluding hydrogens is 252 g/mol. The van der Waals surface area contributed by atoms with Crippen LogP contribution in [0.4, 0.5) is 0 Å². The number of hydrogen-bond acceptors (Lipinski definition) is 3. The molecule has 0 aromatic heterocycles. The molecule has 1 fully saturated rings. The second kappa shape index (κ2) is 8.02. The van der Waals surface area contributed by atoms with Crippen LogP contribution in [-0.2, 0) is 4.79 Å². The van der Waals surface area contributed by atoms with E-state index in [1.165, 1.54) is 5.56 Å². The second-order valence-corrected chi connectivity index (χ2v) is 5.42. The molecule has 1 saturated heterocycles. The fraction of sp³-hybridized carbons (Fsp3) is 0.562. The number of hydrogen-bond donors (Lipinski definition) is 3. The molecule has 1 heterocycles. The lowest BCUT2D eigenvalue weighted by Gasteiger charge is -2.18. The molecule has 1 aromatic rings. The Morgan fingerprint density at radius 2 is 2.20 bits per heavy atom. The van der Waals surface area contributed by atoms with Gasteiger partial charge in [0, 0.05) is 31.5 Å². The van der Waals surface area contributed by atoms with Crippen LogP contribution < -0.4 is 10.6 Å². The quantitative estimate of drug-likeness (QED) is 0.705. The van der Waals surface area contributed by atoms with Gasteiger partial charge in [-0.25, -0.2) is 0 Å². The highest BCUT2D eigenvalue weighted by Gasteiger charge is 2.18. The van der Waals surface area contributed by atoms with E-state index < -0.39 is 0 Å². The van der Waals surface area contributed by atoms with E-state index in [1.54, 1.807) is 0 Å². The van der Waals surface area contributed by atoms with E-state index in [9.17, 15) is 9.90 Å². The number of carbonyl (C=O) groups excluding carboxylic acids is 1. The second-order valence-electron chi connectivity index (χ2n) is 5.42. The Hall–Kier alpha value is -1.39. The third kappa shape index (κ3) is 4.62. The maximum Gasteiger partial charge on any atom is 0.221 e. The van der Waals surface area contributed by atoms with E-state index in [1.807, 2.05) is 30.3 Å². The molecule has 1 aromatic carbocycles. The summed E-state index contributed by atoms with van der Waals surface area (Å²) in [7, 11) is 0. The molecule has 4 nitrogen and oxygen atoms in total. The predicted octanol–water partition coefficient (Wildman–Crippen LogP) is 1.41. The highest BCUT2D eigenvalue weighted by molar-refractivity contribution is 5.76. The first kappa shape index (κ1) is 15.0. The molecule has 0 bridgehead atoms. The molecule has 2 atom stereocenters. The zero-order chi connectivity index (χ0) is 14.2. The van der Waals surface area contributed by atoms with Crippen LogP contribution in [-0.4, -0.2) is 36.8 Å². The maximum atomic E-state index is 11.9. The van der Waals surface area contributed by atoms with Gasteiger partial charge in [-0.05, 0) is 31.4 Å². The molecule has 2 unspecified atom stereocenters. The minimum Gasteiger partial charge on any atom is -0.396 e. The van der Waals surface area contributed by atoms with Gasteiger partial charge in [-0.1, -0.05) is 30.3 Å². The number of carbonyl (C=O) groups is 1. The van der Waals surface area contributed by atoms with E-state index in [2.05, 4.69) is 10.6 Å². The van der Waals surface area contributed by atoms with Crippen molar-refractivity contribution in [3.05, 3.63) is 35.9 Å². The Morgan fingerprint density at radius 1 is 1.40 bits per heavy atom. The first-order valence-electron chi connectivity index (χ1n) is 7.45. The predicted molar refractivity (Wildman–Crippen MR) is 79.5 cm³/mol. The molecule has 20 heavy (non-hydrogen) atoms. The van der Waals surface area contributed by atoms with Crippen molar-refractivity contribution in [3.8, 4) is 0 Å². The van der Waals surface area contributed by atoms with Crippen LogP contribution in [0.3, 0.4) is 0 Å². The normalized spacial score (nSPS) is 19.8. The number of amides is 1. The maximum absolute atomic E-state index is 11.9. The molecule has 0 saturated carbocycles. The van der Waals surface area contributed by atoms with E-state index >= 15 is 0 Å². The molecule has 1 aliphatic rings. The van der Waals surface area contributed by atoms with Crippen LogP contribution >= 0.6 is 0 Å². The average Bonchev–Trinajstić information content (AvgIpc) is 2.97. The molecule has 110 valence electrons. The molecule has 3 N–H and O–H groups in total. The highest BCUT2D eigenvalue weighted by Crippen LogP contribution is 2.18. The van der Waals surface area contributed by atoms with Gasteiger partial charge < -0.3 is 15.7 Å². The van der Waals surface area contributed by atoms with Crippen molar-refractivity contribution in [1.82, 2.24) is 10.6 Å². The van der Waals surface area contributed by atoms with Crippen LogP contribution in [0, 0.1) is 0 Å². The lowest BCUT2D eigenvalue weighted by Crippen LogP contribution is -2.34. The minimum absolute atomic E-state index is 0.100. The summed E-state index contributed by atoms with van der Waals surface area (Å²) in [5.41, 5.74) is 1.17. The number of benzene rings is 1. The topological polar surface area (TPSA) is 61.4 Å². The van der Waals surface area contributed by atoms with Gasteiger partial charge in [-0.15, -0.1) is 0 Å². The van der Waals surface area contributed by atoms with Gasteiger partial charge in [0.1, 0.15) is 0 Å². The van der Waals surface area contributed by atoms with Gasteiger partial charge in [0.05, 0.1) is 0 Å². The summed E-state index contributed by atoms with van der Waals surface area (Å²) in [6.45, 7) is 1.75. The largest absolute Gasteiger partial charge is 0.396 e. The van der Waals surface area contributed by atoms with Crippen molar-refractivity contribution in [1.29, 1.82) is 0 Å². The number of rotatable bonds is 7. The van der Waals surface area contributed by atoms with Crippen molar-refractivity contribution in [2.75, 3.05) is 19.7 Å². The standard InChI is InChI=1S/C16H24N2O2/c19-10-8-14(13-5-2-1-3-6-13)12-18-16(20)11-15-7-4-9-17-15/h1-3,5-6,14-15,17,19H,4,7-12H2,(H,18,20). The molecule has 4 heteroatoms. The molecule has 0 radical (unpaired) electrons. The average molecular weight is 276 g/mol. The summed E-state index contributed by atoms with van der Waals surface area (Å²) in [5.74, 6) is 0.282. The summed E-state index contributed by atoms with van der Waals surface area (Å²) in [6.07, 6.45) is 3.48. The molecule has 0 spiro atoms. The summed E-state index contributed by atoms with van der Waals surface area (Å²) >= 11 is 0. The van der Waals surface area contributed by atoms with Gasteiger partial charge in [0.15, 0.2) is 0 Å². The van der Waals surface area contributed by atoms with Gasteiger partial charge in [0.25, 0.3) is 0 Å². The Morgan fingerprint density at radius 3 is 2.85 bits per heavy atom. The number of aliphatic hydroxyl groups is 1. The van der Waals surface area contributed by atoms with Gasteiger partial charge >= 0.3 is 0 Å². The Bertz CT molecular complexity index is 402. The fourth-order valence-electron chi connectivity index (χ4n) is 2.73. The van der Waals surface area contributed by atoms with Crippen molar-refractivity contribution < 1.29 is 9.90 Å². The SMILES string of the molecule is O=C(CC1CCCN1)NCC(CCO)c1ccccc1. The summed E-state index contributed by atoms with van der Waals surface area (Å²) in [6, 6.07) is 10.4. The Labute approximate surface area is 120 Å². The molecule has 2 rings (SSSR count). The van der Waals surface area contributed by atoms with Gasteiger partial charge in [-0.3, -0.25) is 4.79 Å². The number of nitrogens with one attached hydrogen (secondary N) is 2. The lowest BCUT2D eigenvalue weighted by molar-refractivity contribution is -0.121. The Kier molecular flexibility index (Phi) is 6.02. The summed E-state index contributed by atoms with van der Waals surface area (Å²) in [4.78, 5) is 11.9. The molecular formula is C16H24N2O2. The van der Waals surface area contributed by atoms with E-state index in [4.69, 9.17) is 0 Å². The van der Waals surface area contributed by atoms with E-state index in [0.29, 0.717) is 25.4 Å². The first-order chi connectivity index (χ1) is 9.79. The lowest BCUT2D eigenvalue weighted by atomic mass is 9.96. The summed E-state index contributed by atoms with van der Waals surface area (Å²) < 4.78 is 0. The van der Waals surface area contributed by atoms with E-state index in [0.717, 1.165) is 19.4 Å². The third-order valence-electron chi connectivity index (χ3n) is 3.89. The fourth-order valence-corrected chi connectivity index (χ4v) is 2.73. The van der Waals surface area contributed by atoms with Crippen molar-refractivity contribution >= 4 is 5.91 Å². The molecule has 0 aliphatic carbocycles. The monoisotopic (exact) mass is 276 g/mol. The minimum atomic E-state index is 0.100. The van der Waals surface area contributed by atoms with Crippen LogP contribution in [0.25, 0.3) is 0 Å². The smallest absolute Gasteiger partial charge is 0.221 e. The zero-order valence-corrected chi connectivity index (χ0v) is 11.8. The van der Waals surface area contributed by atoms with Crippen molar-refractivity contribution in [2.24, 2.45) is 0 Å². The van der Waals surface area contributed by atoms with Crippen molar-refractivity contribution in [3.63, 3.8) is 0 Å². The summed E-state index contributed by atoms with van der Waals surface area (Å²) in [5, 5.41) is 15.5. The van der Waals surface area contributed by atoms with Crippen LogP contribution in [0.5, 0.6) is 0 Å². The molecule has 1 aliphatic heterocycles. The van der Waals surface area contributed by atoms with Crippen LogP contribution in [0.2, 0.25) is 0 Å². The Balaban J connectivity index is 1.81. The van der Waals surface area contributed by atoms with Gasteiger partial charge in [-0.2, -0.15) is 0 Å². The zero-order valence-electron chi connectivity index (χ0n) is 11.8. The van der Waals surface area contributed by atoms with Gasteiger partial charge in [0.2, 0.25) is 5.91 Å². The number of aliphatic hydroxyl groups excluding tert-OH is 1. The van der Waals surface area contributed by atoms with E-state index in [-0.39, 0.29) is 18.4 Å². The van der Waals surface area contributed by atoms with Crippen LogP contribution in [0.15, 0.2) is 30.3 Å². The highest BCUT2D eigenvalue weighted by atomic mass is 16.3. The van der Waals surface area contributed by atoms with Crippen LogP contribution in [0.1, 0.15) is 37.2 Å². The third-order valence-corrected chi connectivity index (χ3v) is 3.89. The van der Waals surface area contributed by atoms with Crippen molar-refractivity contribution in [2.45, 2.75) is 37.6 Å². The first-order valence-corrected chi connectivity index (χ1v) is 7.45. The molecule has 1 amide bonds.